The van der Waals surface area contributed by atoms with Crippen LogP contribution >= 0.6 is 11.8 Å². The molecule has 2 aliphatic rings. The SMILES string of the molecule is Cc1cccc(C)c1S[C@@H]1O[C@@H]2COCc3ccccc3CCc3ccccc3CO[C@H]([C@H]1OCc1ccccc1)[C@@H]2OCc1ccccc1. The number of aryl methyl sites for hydroxylation is 4. The van der Waals surface area contributed by atoms with Crippen LogP contribution in [0.3, 0.4) is 0 Å². The highest BCUT2D eigenvalue weighted by Crippen LogP contribution is 2.40. The molecule has 2 bridgehead atoms. The highest BCUT2D eigenvalue weighted by molar-refractivity contribution is 8.00. The lowest BCUT2D eigenvalue weighted by Gasteiger charge is -2.46. The Bertz CT molecular complexity index is 1790. The number of benzene rings is 5. The summed E-state index contributed by atoms with van der Waals surface area (Å²) in [6, 6.07) is 44.3. The van der Waals surface area contributed by atoms with Crippen LogP contribution in [0.4, 0.5) is 0 Å². The molecule has 0 amide bonds. The molecular weight excluding hydrogens is 641 g/mol. The molecule has 0 unspecified atom stereocenters. The Morgan fingerprint density at radius 1 is 0.580 bits per heavy atom. The van der Waals surface area contributed by atoms with Crippen molar-refractivity contribution in [2.45, 2.75) is 87.9 Å². The van der Waals surface area contributed by atoms with E-state index in [0.717, 1.165) is 24.0 Å². The van der Waals surface area contributed by atoms with Gasteiger partial charge in [0.05, 0.1) is 33.0 Å². The normalized spacial score (nSPS) is 22.6. The lowest BCUT2D eigenvalue weighted by Crippen LogP contribution is -2.60. The maximum Gasteiger partial charge on any atom is 0.137 e. The quantitative estimate of drug-likeness (QED) is 0.162. The van der Waals surface area contributed by atoms with Crippen LogP contribution in [0.5, 0.6) is 0 Å². The van der Waals surface area contributed by atoms with Gasteiger partial charge in [-0.15, -0.1) is 0 Å². The summed E-state index contributed by atoms with van der Waals surface area (Å²) in [5.74, 6) is 0. The third-order valence-electron chi connectivity index (χ3n) is 9.68. The smallest absolute Gasteiger partial charge is 0.137 e. The number of fused-ring (bicyclic) bond motifs is 4. The fraction of sp³-hybridized carbons (Fsp3) is 0.318. The molecule has 0 spiro atoms. The van der Waals surface area contributed by atoms with Crippen LogP contribution < -0.4 is 0 Å². The summed E-state index contributed by atoms with van der Waals surface area (Å²) in [5.41, 5.74) is 9.22. The van der Waals surface area contributed by atoms with E-state index < -0.39 is 24.4 Å². The summed E-state index contributed by atoms with van der Waals surface area (Å²) in [4.78, 5) is 1.20. The Balaban J connectivity index is 1.28. The van der Waals surface area contributed by atoms with Gasteiger partial charge >= 0.3 is 0 Å². The first-order valence-corrected chi connectivity index (χ1v) is 18.5. The van der Waals surface area contributed by atoms with Crippen molar-refractivity contribution in [3.8, 4) is 0 Å². The Morgan fingerprint density at radius 2 is 1.10 bits per heavy atom. The molecule has 5 nitrogen and oxygen atoms in total. The van der Waals surface area contributed by atoms with Crippen LogP contribution in [-0.2, 0) is 63.0 Å². The first-order chi connectivity index (χ1) is 24.6. The average Bonchev–Trinajstić information content (AvgIpc) is 3.15. The third-order valence-corrected chi connectivity index (χ3v) is 11.2. The van der Waals surface area contributed by atoms with Gasteiger partial charge in [0, 0.05) is 4.90 Å². The second-order valence-corrected chi connectivity index (χ2v) is 14.3. The van der Waals surface area contributed by atoms with E-state index in [-0.39, 0.29) is 5.44 Å². The lowest BCUT2D eigenvalue weighted by atomic mass is 9.96. The second-order valence-electron chi connectivity index (χ2n) is 13.2. The zero-order valence-corrected chi connectivity index (χ0v) is 29.7. The molecule has 258 valence electrons. The summed E-state index contributed by atoms with van der Waals surface area (Å²) in [6.45, 7) is 6.46. The monoisotopic (exact) mass is 686 g/mol. The van der Waals surface area contributed by atoms with Crippen molar-refractivity contribution in [2.24, 2.45) is 0 Å². The van der Waals surface area contributed by atoms with Gasteiger partial charge in [-0.3, -0.25) is 0 Å². The summed E-state index contributed by atoms with van der Waals surface area (Å²) in [5, 5.41) is 0. The molecule has 0 aliphatic carbocycles. The van der Waals surface area contributed by atoms with Crippen molar-refractivity contribution < 1.29 is 23.7 Å². The lowest BCUT2D eigenvalue weighted by molar-refractivity contribution is -0.254. The van der Waals surface area contributed by atoms with Crippen molar-refractivity contribution in [1.82, 2.24) is 0 Å². The number of ether oxygens (including phenoxy) is 5. The molecule has 7 rings (SSSR count). The highest BCUT2D eigenvalue weighted by Gasteiger charge is 2.49. The number of rotatable bonds is 8. The topological polar surface area (TPSA) is 46.2 Å². The van der Waals surface area contributed by atoms with Gasteiger partial charge < -0.3 is 23.7 Å². The standard InChI is InChI=1S/C44H46O5S/c1-31-14-13-15-32(2)43(31)50-44-42(47-27-34-18-7-4-8-19-34)41-40(46-26-33-16-5-3-6-17-33)39(49-44)30-45-28-37-22-11-9-20-35(37)24-25-36-21-10-12-23-38(36)29-48-41/h3-23,39-42,44H,24-30H2,1-2H3/t39-,40-,41+,42-,44+/m1/s1. The molecule has 5 aromatic carbocycles. The van der Waals surface area contributed by atoms with E-state index in [4.69, 9.17) is 23.7 Å². The Hall–Kier alpha value is -3.75. The predicted molar refractivity (Wildman–Crippen MR) is 199 cm³/mol. The van der Waals surface area contributed by atoms with Crippen molar-refractivity contribution in [3.63, 3.8) is 0 Å². The van der Waals surface area contributed by atoms with Crippen LogP contribution in [0.2, 0.25) is 0 Å². The number of hydrogen-bond acceptors (Lipinski definition) is 6. The van der Waals surface area contributed by atoms with E-state index in [1.807, 2.05) is 36.4 Å². The van der Waals surface area contributed by atoms with Crippen molar-refractivity contribution in [2.75, 3.05) is 6.61 Å². The van der Waals surface area contributed by atoms with Crippen LogP contribution in [0.1, 0.15) is 44.5 Å². The van der Waals surface area contributed by atoms with Gasteiger partial charge in [-0.1, -0.05) is 139 Å². The van der Waals surface area contributed by atoms with Gasteiger partial charge in [-0.25, -0.2) is 0 Å². The van der Waals surface area contributed by atoms with Gasteiger partial charge in [-0.05, 0) is 71.2 Å². The Kier molecular flexibility index (Phi) is 11.8. The van der Waals surface area contributed by atoms with E-state index in [9.17, 15) is 0 Å². The molecule has 2 heterocycles. The molecule has 0 N–H and O–H groups in total. The second kappa shape index (κ2) is 17.0. The highest BCUT2D eigenvalue weighted by atomic mass is 32.2. The van der Waals surface area contributed by atoms with E-state index in [2.05, 4.69) is 105 Å². The molecule has 50 heavy (non-hydrogen) atoms. The first kappa shape index (κ1) is 34.7. The minimum absolute atomic E-state index is 0.361. The van der Waals surface area contributed by atoms with Crippen LogP contribution in [0.15, 0.2) is 132 Å². The molecule has 5 atom stereocenters. The zero-order valence-electron chi connectivity index (χ0n) is 28.9. The maximum absolute atomic E-state index is 7.10. The third kappa shape index (κ3) is 8.57. The van der Waals surface area contributed by atoms with Crippen LogP contribution in [0, 0.1) is 13.8 Å². The minimum Gasteiger partial charge on any atom is -0.374 e. The number of thioether (sulfide) groups is 1. The molecule has 1 fully saturated rings. The molecule has 0 aromatic heterocycles. The number of hydrogen-bond donors (Lipinski definition) is 0. The van der Waals surface area contributed by atoms with E-state index >= 15 is 0 Å². The van der Waals surface area contributed by atoms with Crippen molar-refractivity contribution >= 4 is 11.8 Å². The van der Waals surface area contributed by atoms with Gasteiger partial charge in [0.25, 0.3) is 0 Å². The molecule has 5 aromatic rings. The predicted octanol–water partition coefficient (Wildman–Crippen LogP) is 9.19. The van der Waals surface area contributed by atoms with Gasteiger partial charge in [0.15, 0.2) is 0 Å². The van der Waals surface area contributed by atoms with Crippen LogP contribution in [0.25, 0.3) is 0 Å². The molecule has 0 radical (unpaired) electrons. The summed E-state index contributed by atoms with van der Waals surface area (Å²) < 4.78 is 34.5. The first-order valence-electron chi connectivity index (χ1n) is 17.6. The van der Waals surface area contributed by atoms with E-state index in [0.29, 0.717) is 33.0 Å². The van der Waals surface area contributed by atoms with Gasteiger partial charge in [-0.2, -0.15) is 0 Å². The van der Waals surface area contributed by atoms with Gasteiger partial charge in [0.2, 0.25) is 0 Å². The zero-order chi connectivity index (χ0) is 34.1. The van der Waals surface area contributed by atoms with Gasteiger partial charge in [0.1, 0.15) is 29.9 Å². The van der Waals surface area contributed by atoms with Crippen LogP contribution in [-0.4, -0.2) is 36.5 Å². The summed E-state index contributed by atoms with van der Waals surface area (Å²) >= 11 is 1.71. The molecule has 2 aliphatic heterocycles. The summed E-state index contributed by atoms with van der Waals surface area (Å²) in [6.07, 6.45) is 0.135. The molecule has 0 saturated carbocycles. The van der Waals surface area contributed by atoms with Crippen molar-refractivity contribution in [1.29, 1.82) is 0 Å². The fourth-order valence-corrected chi connectivity index (χ4v) is 8.24. The molecule has 1 saturated heterocycles. The van der Waals surface area contributed by atoms with E-state index in [1.54, 1.807) is 11.8 Å². The summed E-state index contributed by atoms with van der Waals surface area (Å²) in [7, 11) is 0. The Labute approximate surface area is 300 Å². The fourth-order valence-electron chi connectivity index (χ4n) is 6.93. The molecular formula is C44H46O5S. The minimum atomic E-state index is -0.448. The average molecular weight is 687 g/mol. The van der Waals surface area contributed by atoms with E-state index in [1.165, 1.54) is 38.3 Å². The molecule has 6 heteroatoms. The maximum atomic E-state index is 7.10. The Morgan fingerprint density at radius 3 is 1.70 bits per heavy atom. The largest absolute Gasteiger partial charge is 0.374 e. The van der Waals surface area contributed by atoms with Crippen molar-refractivity contribution in [3.05, 3.63) is 172 Å².